The van der Waals surface area contributed by atoms with Crippen LogP contribution in [0.15, 0.2) is 30.3 Å². The van der Waals surface area contributed by atoms with Gasteiger partial charge in [-0.05, 0) is 37.5 Å². The van der Waals surface area contributed by atoms with Gasteiger partial charge in [0.1, 0.15) is 0 Å². The fraction of sp³-hybridized carbons (Fsp3) is 0.600. The molecule has 0 aliphatic carbocycles. The summed E-state index contributed by atoms with van der Waals surface area (Å²) in [6.07, 6.45) is 6.61. The fourth-order valence-corrected chi connectivity index (χ4v) is 4.51. The van der Waals surface area contributed by atoms with Crippen LogP contribution >= 0.6 is 11.8 Å². The number of carbonyl (C=O) groups excluding carboxylic acids is 2. The van der Waals surface area contributed by atoms with Gasteiger partial charge in [-0.2, -0.15) is 11.8 Å². The molecule has 2 fully saturated rings. The molecular weight excluding hydrogens is 332 g/mol. The minimum absolute atomic E-state index is 0.111. The zero-order valence-corrected chi connectivity index (χ0v) is 15.9. The van der Waals surface area contributed by atoms with Crippen molar-refractivity contribution in [2.45, 2.75) is 32.1 Å². The number of benzene rings is 1. The molecule has 2 aliphatic rings. The number of amides is 2. The lowest BCUT2D eigenvalue weighted by Crippen LogP contribution is -2.45. The Hall–Kier alpha value is -1.49. The SMILES string of the molecule is CSCC(=O)N1CCC2(CC1)CC(=O)N(CCCc1ccccc1)C2. The van der Waals surface area contributed by atoms with Gasteiger partial charge in [0.25, 0.3) is 0 Å². The standard InChI is InChI=1S/C20H28N2O2S/c1-25-15-19(24)21-12-9-20(10-13-21)14-18(23)22(16-20)11-5-8-17-6-3-2-4-7-17/h2-4,6-7H,5,8-16H2,1H3. The van der Waals surface area contributed by atoms with Crippen molar-refractivity contribution >= 4 is 23.6 Å². The van der Waals surface area contributed by atoms with E-state index < -0.39 is 0 Å². The first-order chi connectivity index (χ1) is 12.1. The molecule has 0 N–H and O–H groups in total. The summed E-state index contributed by atoms with van der Waals surface area (Å²) in [6, 6.07) is 10.5. The highest BCUT2D eigenvalue weighted by molar-refractivity contribution is 7.99. The molecule has 0 radical (unpaired) electrons. The van der Waals surface area contributed by atoms with E-state index in [-0.39, 0.29) is 11.3 Å². The van der Waals surface area contributed by atoms with Gasteiger partial charge in [-0.15, -0.1) is 0 Å². The predicted molar refractivity (Wildman–Crippen MR) is 103 cm³/mol. The average Bonchev–Trinajstić information content (AvgIpc) is 2.92. The van der Waals surface area contributed by atoms with Gasteiger partial charge in [0.2, 0.25) is 11.8 Å². The van der Waals surface area contributed by atoms with Gasteiger partial charge >= 0.3 is 0 Å². The summed E-state index contributed by atoms with van der Waals surface area (Å²) in [5.41, 5.74) is 1.45. The van der Waals surface area contributed by atoms with Crippen LogP contribution in [-0.4, -0.2) is 59.8 Å². The Morgan fingerprint density at radius 2 is 1.92 bits per heavy atom. The van der Waals surface area contributed by atoms with Crippen LogP contribution in [0.1, 0.15) is 31.2 Å². The van der Waals surface area contributed by atoms with Crippen molar-refractivity contribution in [1.29, 1.82) is 0 Å². The first-order valence-electron chi connectivity index (χ1n) is 9.20. The highest BCUT2D eigenvalue weighted by Crippen LogP contribution is 2.41. The third-order valence-corrected chi connectivity index (χ3v) is 6.12. The lowest BCUT2D eigenvalue weighted by Gasteiger charge is -2.38. The Labute approximate surface area is 154 Å². The van der Waals surface area contributed by atoms with Crippen molar-refractivity contribution in [2.75, 3.05) is 38.2 Å². The second-order valence-corrected chi connectivity index (χ2v) is 8.26. The molecule has 3 rings (SSSR count). The van der Waals surface area contributed by atoms with Crippen molar-refractivity contribution < 1.29 is 9.59 Å². The Morgan fingerprint density at radius 1 is 1.20 bits per heavy atom. The molecule has 2 saturated heterocycles. The summed E-state index contributed by atoms with van der Waals surface area (Å²) in [5.74, 6) is 1.11. The number of piperidine rings is 1. The van der Waals surface area contributed by atoms with Gasteiger partial charge < -0.3 is 9.80 Å². The Morgan fingerprint density at radius 3 is 2.60 bits per heavy atom. The van der Waals surface area contributed by atoms with E-state index >= 15 is 0 Å². The van der Waals surface area contributed by atoms with Crippen molar-refractivity contribution in [1.82, 2.24) is 9.80 Å². The maximum atomic E-state index is 12.5. The first kappa shape index (κ1) is 18.3. The van der Waals surface area contributed by atoms with Gasteiger partial charge in [-0.25, -0.2) is 0 Å². The quantitative estimate of drug-likeness (QED) is 0.783. The number of rotatable bonds is 6. The molecule has 5 heteroatoms. The summed E-state index contributed by atoms with van der Waals surface area (Å²) < 4.78 is 0. The van der Waals surface area contributed by atoms with Crippen LogP contribution in [0.4, 0.5) is 0 Å². The van der Waals surface area contributed by atoms with Crippen molar-refractivity contribution in [2.24, 2.45) is 5.41 Å². The van der Waals surface area contributed by atoms with Crippen LogP contribution in [-0.2, 0) is 16.0 Å². The second kappa shape index (κ2) is 8.26. The number of aryl methyl sites for hydroxylation is 1. The Balaban J connectivity index is 1.47. The molecule has 0 atom stereocenters. The third kappa shape index (κ3) is 4.57. The molecule has 1 spiro atoms. The van der Waals surface area contributed by atoms with Gasteiger partial charge in [0, 0.05) is 38.0 Å². The first-order valence-corrected chi connectivity index (χ1v) is 10.6. The van der Waals surface area contributed by atoms with Crippen molar-refractivity contribution in [3.8, 4) is 0 Å². The van der Waals surface area contributed by atoms with Crippen LogP contribution in [0.25, 0.3) is 0 Å². The zero-order chi connectivity index (χ0) is 17.7. The monoisotopic (exact) mass is 360 g/mol. The largest absolute Gasteiger partial charge is 0.342 e. The van der Waals surface area contributed by atoms with E-state index in [1.165, 1.54) is 5.56 Å². The number of carbonyl (C=O) groups is 2. The van der Waals surface area contributed by atoms with Crippen LogP contribution in [0, 0.1) is 5.41 Å². The molecule has 0 unspecified atom stereocenters. The van der Waals surface area contributed by atoms with E-state index in [1.807, 2.05) is 17.2 Å². The highest BCUT2D eigenvalue weighted by atomic mass is 32.2. The third-order valence-electron chi connectivity index (χ3n) is 5.59. The molecule has 0 aromatic heterocycles. The molecule has 2 aliphatic heterocycles. The minimum atomic E-state index is 0.111. The highest BCUT2D eigenvalue weighted by Gasteiger charge is 2.45. The van der Waals surface area contributed by atoms with Crippen molar-refractivity contribution in [3.05, 3.63) is 35.9 Å². The maximum absolute atomic E-state index is 12.5. The van der Waals surface area contributed by atoms with E-state index in [1.54, 1.807) is 11.8 Å². The van der Waals surface area contributed by atoms with Crippen LogP contribution in [0.2, 0.25) is 0 Å². The van der Waals surface area contributed by atoms with E-state index in [2.05, 4.69) is 29.2 Å². The van der Waals surface area contributed by atoms with Crippen LogP contribution < -0.4 is 0 Å². The molecule has 4 nitrogen and oxygen atoms in total. The molecule has 2 amide bonds. The summed E-state index contributed by atoms with van der Waals surface area (Å²) in [7, 11) is 0. The van der Waals surface area contributed by atoms with Crippen LogP contribution in [0.5, 0.6) is 0 Å². The number of hydrogen-bond donors (Lipinski definition) is 0. The molecule has 0 saturated carbocycles. The number of hydrogen-bond acceptors (Lipinski definition) is 3. The summed E-state index contributed by atoms with van der Waals surface area (Å²) in [6.45, 7) is 3.35. The minimum Gasteiger partial charge on any atom is -0.342 e. The van der Waals surface area contributed by atoms with E-state index in [0.29, 0.717) is 18.1 Å². The lowest BCUT2D eigenvalue weighted by atomic mass is 9.77. The van der Waals surface area contributed by atoms with Gasteiger partial charge in [-0.1, -0.05) is 30.3 Å². The molecule has 136 valence electrons. The molecule has 25 heavy (non-hydrogen) atoms. The van der Waals surface area contributed by atoms with E-state index in [9.17, 15) is 9.59 Å². The Kier molecular flexibility index (Phi) is 6.05. The lowest BCUT2D eigenvalue weighted by molar-refractivity contribution is -0.130. The Bertz CT molecular complexity index is 597. The van der Waals surface area contributed by atoms with E-state index in [0.717, 1.165) is 51.9 Å². The summed E-state index contributed by atoms with van der Waals surface area (Å²) in [5, 5.41) is 0. The second-order valence-electron chi connectivity index (χ2n) is 7.40. The smallest absolute Gasteiger partial charge is 0.232 e. The van der Waals surface area contributed by atoms with Crippen LogP contribution in [0.3, 0.4) is 0 Å². The fourth-order valence-electron chi connectivity index (χ4n) is 4.08. The number of likely N-dealkylation sites (tertiary alicyclic amines) is 2. The molecule has 1 aromatic rings. The number of thioether (sulfide) groups is 1. The average molecular weight is 361 g/mol. The topological polar surface area (TPSA) is 40.6 Å². The number of nitrogens with zero attached hydrogens (tertiary/aromatic N) is 2. The molecule has 0 bridgehead atoms. The molecule has 1 aromatic carbocycles. The summed E-state index contributed by atoms with van der Waals surface area (Å²) >= 11 is 1.58. The normalized spacial score (nSPS) is 19.6. The predicted octanol–water partition coefficient (Wildman–Crippen LogP) is 2.82. The van der Waals surface area contributed by atoms with E-state index in [4.69, 9.17) is 0 Å². The zero-order valence-electron chi connectivity index (χ0n) is 15.1. The molecule has 2 heterocycles. The van der Waals surface area contributed by atoms with Gasteiger partial charge in [-0.3, -0.25) is 9.59 Å². The van der Waals surface area contributed by atoms with Crippen molar-refractivity contribution in [3.63, 3.8) is 0 Å². The molecular formula is C20H28N2O2S. The maximum Gasteiger partial charge on any atom is 0.232 e. The summed E-state index contributed by atoms with van der Waals surface area (Å²) in [4.78, 5) is 28.5. The van der Waals surface area contributed by atoms with Gasteiger partial charge in [0.05, 0.1) is 5.75 Å². The van der Waals surface area contributed by atoms with Gasteiger partial charge in [0.15, 0.2) is 0 Å².